The first-order chi connectivity index (χ1) is 12.9. The molecule has 3 amide bonds. The molecule has 2 N–H and O–H groups in total. The normalized spacial score (nSPS) is 15.3. The molecule has 8 nitrogen and oxygen atoms in total. The van der Waals surface area contributed by atoms with E-state index < -0.39 is 0 Å². The van der Waals surface area contributed by atoms with E-state index in [2.05, 4.69) is 15.5 Å². The summed E-state index contributed by atoms with van der Waals surface area (Å²) < 4.78 is 15.2. The van der Waals surface area contributed by atoms with Crippen molar-refractivity contribution < 1.29 is 18.9 Å². The molecule has 1 fully saturated rings. The maximum absolute atomic E-state index is 13.3. The Kier molecular flexibility index (Phi) is 5.76. The molecule has 0 unspecified atom stereocenters. The highest BCUT2D eigenvalue weighted by Gasteiger charge is 2.28. The molecule has 144 valence electrons. The van der Waals surface area contributed by atoms with E-state index in [0.717, 1.165) is 16.4 Å². The van der Waals surface area contributed by atoms with Crippen LogP contribution in [0.15, 0.2) is 29.4 Å². The topological polar surface area (TPSA) is 84.6 Å². The van der Waals surface area contributed by atoms with Crippen LogP contribution in [-0.4, -0.2) is 64.5 Å². The van der Waals surface area contributed by atoms with E-state index in [9.17, 15) is 14.0 Å². The van der Waals surface area contributed by atoms with Gasteiger partial charge in [0.05, 0.1) is 19.8 Å². The third kappa shape index (κ3) is 4.11. The Morgan fingerprint density at radius 1 is 1.33 bits per heavy atom. The molecule has 1 atom stereocenters. The fraction of sp³-hybridized carbons (Fsp3) is 0.412. The van der Waals surface area contributed by atoms with Crippen molar-refractivity contribution in [1.82, 2.24) is 25.0 Å². The van der Waals surface area contributed by atoms with Crippen molar-refractivity contribution in [1.29, 1.82) is 0 Å². The van der Waals surface area contributed by atoms with Crippen LogP contribution in [0.1, 0.15) is 18.8 Å². The Labute approximate surface area is 160 Å². The van der Waals surface area contributed by atoms with Crippen LogP contribution >= 0.6 is 11.8 Å². The minimum absolute atomic E-state index is 0.0389. The van der Waals surface area contributed by atoms with Crippen LogP contribution in [0.5, 0.6) is 0 Å². The van der Waals surface area contributed by atoms with Crippen molar-refractivity contribution in [2.75, 3.05) is 32.9 Å². The van der Waals surface area contributed by atoms with E-state index in [4.69, 9.17) is 0 Å². The third-order valence-corrected chi connectivity index (χ3v) is 5.39. The van der Waals surface area contributed by atoms with Gasteiger partial charge in [0.25, 0.3) is 0 Å². The molecule has 2 heterocycles. The Hall–Kier alpha value is -2.46. The number of urea groups is 1. The van der Waals surface area contributed by atoms with Gasteiger partial charge in [0.2, 0.25) is 5.91 Å². The number of nitrogens with zero attached hydrogens (tertiary/aromatic N) is 4. The number of quaternary nitrogens is 1. The van der Waals surface area contributed by atoms with E-state index in [1.165, 1.54) is 28.8 Å². The van der Waals surface area contributed by atoms with Gasteiger partial charge in [0.1, 0.15) is 11.9 Å². The number of nitrogens with one attached hydrogen (secondary N) is 2. The van der Waals surface area contributed by atoms with Gasteiger partial charge in [-0.3, -0.25) is 14.3 Å². The zero-order valence-corrected chi connectivity index (χ0v) is 16.2. The van der Waals surface area contributed by atoms with E-state index in [0.29, 0.717) is 18.2 Å². The Morgan fingerprint density at radius 2 is 2.04 bits per heavy atom. The van der Waals surface area contributed by atoms with Gasteiger partial charge in [-0.05, 0) is 31.2 Å². The molecule has 0 aliphatic carbocycles. The average molecular weight is 393 g/mol. The summed E-state index contributed by atoms with van der Waals surface area (Å²) in [6, 6.07) is 5.73. The zero-order valence-electron chi connectivity index (χ0n) is 15.4. The summed E-state index contributed by atoms with van der Waals surface area (Å²) in [5, 5.41) is 11.7. The third-order valence-electron chi connectivity index (χ3n) is 4.48. The number of amides is 3. The number of benzene rings is 1. The summed E-state index contributed by atoms with van der Waals surface area (Å²) in [7, 11) is 4.02. The molecular weight excluding hydrogens is 371 g/mol. The minimum Gasteiger partial charge on any atom is -0.336 e. The van der Waals surface area contributed by atoms with Gasteiger partial charge in [-0.25, -0.2) is 9.18 Å². The Bertz CT molecular complexity index is 838. The van der Waals surface area contributed by atoms with Crippen LogP contribution in [0.2, 0.25) is 0 Å². The molecule has 3 rings (SSSR count). The molecule has 0 bridgehead atoms. The van der Waals surface area contributed by atoms with Gasteiger partial charge in [-0.1, -0.05) is 11.8 Å². The Morgan fingerprint density at radius 3 is 2.63 bits per heavy atom. The van der Waals surface area contributed by atoms with Crippen LogP contribution in [-0.2, 0) is 4.79 Å². The monoisotopic (exact) mass is 393 g/mol. The fourth-order valence-electron chi connectivity index (χ4n) is 2.66. The number of halogens is 1. The molecular formula is C17H22FN6O2S+. The van der Waals surface area contributed by atoms with Crippen molar-refractivity contribution in [3.8, 4) is 5.69 Å². The lowest BCUT2D eigenvalue weighted by Gasteiger charge is -2.18. The fourth-order valence-corrected chi connectivity index (χ4v) is 3.49. The van der Waals surface area contributed by atoms with E-state index in [-0.39, 0.29) is 29.6 Å². The summed E-state index contributed by atoms with van der Waals surface area (Å²) in [6.45, 7) is 2.86. The van der Waals surface area contributed by atoms with E-state index in [1.54, 1.807) is 12.1 Å². The van der Waals surface area contributed by atoms with Gasteiger partial charge in [-0.15, -0.1) is 10.2 Å². The first kappa shape index (κ1) is 19.3. The summed E-state index contributed by atoms with van der Waals surface area (Å²) in [5.74, 6) is 0.173. The number of hydrogen-bond acceptors (Lipinski definition) is 5. The number of imide groups is 1. The van der Waals surface area contributed by atoms with Crippen LogP contribution in [0.25, 0.3) is 5.69 Å². The predicted molar refractivity (Wildman–Crippen MR) is 98.4 cm³/mol. The van der Waals surface area contributed by atoms with Gasteiger partial charge in [0, 0.05) is 18.8 Å². The van der Waals surface area contributed by atoms with Crippen molar-refractivity contribution in [3.05, 3.63) is 35.9 Å². The molecule has 0 spiro atoms. The highest BCUT2D eigenvalue weighted by Crippen LogP contribution is 2.25. The first-order valence-electron chi connectivity index (χ1n) is 8.60. The van der Waals surface area contributed by atoms with Crippen LogP contribution in [0.4, 0.5) is 9.18 Å². The number of thioether (sulfide) groups is 1. The van der Waals surface area contributed by atoms with Gasteiger partial charge >= 0.3 is 6.03 Å². The summed E-state index contributed by atoms with van der Waals surface area (Å²) in [4.78, 5) is 26.3. The summed E-state index contributed by atoms with van der Waals surface area (Å²) in [5.41, 5.74) is 0.721. The van der Waals surface area contributed by atoms with Crippen molar-refractivity contribution in [2.45, 2.75) is 18.1 Å². The largest absolute Gasteiger partial charge is 0.336 e. The number of hydrogen-bond donors (Lipinski definition) is 2. The lowest BCUT2D eigenvalue weighted by molar-refractivity contribution is -0.890. The predicted octanol–water partition coefficient (Wildman–Crippen LogP) is 0.256. The SMILES string of the molecule is C[C@@H](c1nnc(SCC(=O)N2CCNC2=O)n1-c1ccc(F)cc1)[NH+](C)C. The molecule has 1 aliphatic rings. The molecule has 1 aliphatic heterocycles. The van der Waals surface area contributed by atoms with Crippen LogP contribution in [0, 0.1) is 5.82 Å². The van der Waals surface area contributed by atoms with E-state index >= 15 is 0 Å². The van der Waals surface area contributed by atoms with Gasteiger partial charge < -0.3 is 10.2 Å². The number of aromatic nitrogens is 3. The quantitative estimate of drug-likeness (QED) is 0.688. The molecule has 1 aromatic carbocycles. The summed E-state index contributed by atoms with van der Waals surface area (Å²) >= 11 is 1.21. The highest BCUT2D eigenvalue weighted by atomic mass is 32.2. The lowest BCUT2D eigenvalue weighted by Crippen LogP contribution is -3.05. The molecule has 0 radical (unpaired) electrons. The van der Waals surface area contributed by atoms with Crippen molar-refractivity contribution in [2.24, 2.45) is 0 Å². The molecule has 2 aromatic rings. The highest BCUT2D eigenvalue weighted by molar-refractivity contribution is 7.99. The molecule has 1 aromatic heterocycles. The van der Waals surface area contributed by atoms with Crippen LogP contribution in [0.3, 0.4) is 0 Å². The molecule has 27 heavy (non-hydrogen) atoms. The maximum atomic E-state index is 13.3. The van der Waals surface area contributed by atoms with E-state index in [1.807, 2.05) is 25.6 Å². The van der Waals surface area contributed by atoms with Gasteiger partial charge in [-0.2, -0.15) is 0 Å². The Balaban J connectivity index is 1.87. The minimum atomic E-state index is -0.369. The number of carbonyl (C=O) groups is 2. The second-order valence-electron chi connectivity index (χ2n) is 6.52. The zero-order chi connectivity index (χ0) is 19.6. The molecule has 0 saturated carbocycles. The standard InChI is InChI=1S/C17H21FN6O2S/c1-11(22(2)3)15-20-21-17(24(15)13-6-4-12(18)5-7-13)27-10-14(25)23-9-8-19-16(23)26/h4-7,11H,8-10H2,1-3H3,(H,19,26)/p+1/t11-/m0/s1. The molecule has 1 saturated heterocycles. The lowest BCUT2D eigenvalue weighted by atomic mass is 10.2. The first-order valence-corrected chi connectivity index (χ1v) is 9.59. The van der Waals surface area contributed by atoms with Gasteiger partial charge in [0.15, 0.2) is 11.0 Å². The summed E-state index contributed by atoms with van der Waals surface area (Å²) in [6.07, 6.45) is 0. The molecule has 10 heteroatoms. The second kappa shape index (κ2) is 8.05. The number of carbonyl (C=O) groups excluding carboxylic acids is 2. The smallest absolute Gasteiger partial charge is 0.324 e. The average Bonchev–Trinajstić information content (AvgIpc) is 3.26. The maximum Gasteiger partial charge on any atom is 0.324 e. The van der Waals surface area contributed by atoms with Crippen LogP contribution < -0.4 is 10.2 Å². The van der Waals surface area contributed by atoms with Crippen molar-refractivity contribution in [3.63, 3.8) is 0 Å². The number of rotatable bonds is 6. The van der Waals surface area contributed by atoms with Crippen molar-refractivity contribution >= 4 is 23.7 Å². The second-order valence-corrected chi connectivity index (χ2v) is 7.46.